The van der Waals surface area contributed by atoms with Gasteiger partial charge in [0.25, 0.3) is 17.8 Å². The van der Waals surface area contributed by atoms with Crippen LogP contribution in [0.3, 0.4) is 0 Å². The highest BCUT2D eigenvalue weighted by Crippen LogP contribution is 2.30. The van der Waals surface area contributed by atoms with Gasteiger partial charge in [0, 0.05) is 17.1 Å². The Labute approximate surface area is 142 Å². The van der Waals surface area contributed by atoms with Crippen LogP contribution in [0.1, 0.15) is 17.4 Å². The highest BCUT2D eigenvalue weighted by Gasteiger charge is 2.54. The lowest BCUT2D eigenvalue weighted by Crippen LogP contribution is -2.62. The molecule has 1 aromatic carbocycles. The van der Waals surface area contributed by atoms with E-state index in [1.807, 2.05) is 6.07 Å². The molecule has 8 heteroatoms. The van der Waals surface area contributed by atoms with E-state index < -0.39 is 12.1 Å². The molecule has 2 aliphatic heterocycles. The first kappa shape index (κ1) is 14.9. The standard InChI is InChI=1S/C16H14ClN4O3/c1-9-7-20-12-13(18-15(20)24-9)19(2)16(23)21(14(12)22)8-10-5-3-4-6-11(10)17/h3-7,12H,8H2,1-2H3/q+1. The summed E-state index contributed by atoms with van der Waals surface area (Å²) in [5.41, 5.74) is 0.709. The van der Waals surface area contributed by atoms with Gasteiger partial charge in [0.05, 0.1) is 6.54 Å². The molecule has 122 valence electrons. The predicted octanol–water partition coefficient (Wildman–Crippen LogP) is 2.21. The van der Waals surface area contributed by atoms with Crippen LogP contribution >= 0.6 is 11.6 Å². The lowest BCUT2D eigenvalue weighted by atomic mass is 10.1. The molecule has 3 heterocycles. The summed E-state index contributed by atoms with van der Waals surface area (Å²) in [5.74, 6) is 0.679. The van der Waals surface area contributed by atoms with Gasteiger partial charge in [-0.2, -0.15) is 4.57 Å². The number of nitrogens with zero attached hydrogens (tertiary/aromatic N) is 4. The number of benzene rings is 1. The van der Waals surface area contributed by atoms with Crippen LogP contribution in [0.15, 0.2) is 39.9 Å². The Kier molecular flexibility index (Phi) is 3.21. The summed E-state index contributed by atoms with van der Waals surface area (Å²) in [7, 11) is 1.60. The van der Waals surface area contributed by atoms with Crippen molar-refractivity contribution in [2.45, 2.75) is 19.5 Å². The molecule has 7 nitrogen and oxygen atoms in total. The Balaban J connectivity index is 1.73. The maximum absolute atomic E-state index is 12.9. The Bertz CT molecular complexity index is 904. The number of oxazole rings is 1. The molecule has 0 spiro atoms. The lowest BCUT2D eigenvalue weighted by molar-refractivity contribution is -0.679. The van der Waals surface area contributed by atoms with E-state index in [-0.39, 0.29) is 12.5 Å². The maximum atomic E-state index is 12.9. The van der Waals surface area contributed by atoms with Crippen LogP contribution in [-0.4, -0.2) is 34.6 Å². The van der Waals surface area contributed by atoms with Gasteiger partial charge in [-0.05, 0) is 18.6 Å². The number of aromatic nitrogens is 1. The lowest BCUT2D eigenvalue weighted by Gasteiger charge is -2.32. The van der Waals surface area contributed by atoms with E-state index in [4.69, 9.17) is 16.0 Å². The van der Waals surface area contributed by atoms with E-state index in [0.29, 0.717) is 28.2 Å². The number of hydrogen-bond acceptors (Lipinski definition) is 4. The minimum absolute atomic E-state index is 0.109. The first-order valence-corrected chi connectivity index (χ1v) is 7.78. The van der Waals surface area contributed by atoms with Crippen molar-refractivity contribution in [2.75, 3.05) is 7.05 Å². The number of halogens is 1. The van der Waals surface area contributed by atoms with Crippen LogP contribution in [0.2, 0.25) is 5.02 Å². The third-order valence-electron chi connectivity index (χ3n) is 4.17. The predicted molar refractivity (Wildman–Crippen MR) is 84.9 cm³/mol. The number of carbonyl (C=O) groups is 2. The number of likely N-dealkylation sites (N-methyl/N-ethyl adjacent to an activating group) is 1. The third kappa shape index (κ3) is 2.05. The van der Waals surface area contributed by atoms with Gasteiger partial charge in [0.2, 0.25) is 0 Å². The Morgan fingerprint density at radius 2 is 2.08 bits per heavy atom. The van der Waals surface area contributed by atoms with Crippen molar-refractivity contribution in [1.29, 1.82) is 0 Å². The molecule has 1 fully saturated rings. The van der Waals surface area contributed by atoms with Crippen LogP contribution in [0.4, 0.5) is 10.8 Å². The average Bonchev–Trinajstić information content (AvgIpc) is 3.07. The Hall–Kier alpha value is -2.67. The van der Waals surface area contributed by atoms with Gasteiger partial charge in [0.15, 0.2) is 0 Å². The number of rotatable bonds is 2. The zero-order valence-electron chi connectivity index (χ0n) is 13.1. The Morgan fingerprint density at radius 3 is 2.83 bits per heavy atom. The van der Waals surface area contributed by atoms with Crippen LogP contribution in [0.25, 0.3) is 0 Å². The van der Waals surface area contributed by atoms with Gasteiger partial charge >= 0.3 is 12.0 Å². The van der Waals surface area contributed by atoms with Crippen LogP contribution < -0.4 is 4.57 Å². The van der Waals surface area contributed by atoms with Crippen molar-refractivity contribution in [1.82, 2.24) is 9.80 Å². The maximum Gasteiger partial charge on any atom is 0.506 e. The summed E-state index contributed by atoms with van der Waals surface area (Å²) in [6.07, 6.45) is 1.71. The van der Waals surface area contributed by atoms with E-state index in [9.17, 15) is 9.59 Å². The Morgan fingerprint density at radius 1 is 1.33 bits per heavy atom. The molecule has 0 radical (unpaired) electrons. The van der Waals surface area contributed by atoms with Crippen LogP contribution in [0.5, 0.6) is 0 Å². The molecule has 4 rings (SSSR count). The summed E-state index contributed by atoms with van der Waals surface area (Å²) in [4.78, 5) is 32.4. The molecule has 3 amide bonds. The first-order chi connectivity index (χ1) is 11.5. The number of amidine groups is 1. The molecule has 2 aliphatic rings. The fourth-order valence-electron chi connectivity index (χ4n) is 2.97. The molecule has 0 aliphatic carbocycles. The number of aliphatic imine (C=N–C) groups is 1. The van der Waals surface area contributed by atoms with E-state index in [1.165, 1.54) is 9.80 Å². The quantitative estimate of drug-likeness (QED) is 0.783. The molecule has 1 aromatic heterocycles. The highest BCUT2D eigenvalue weighted by atomic mass is 35.5. The molecule has 0 N–H and O–H groups in total. The monoisotopic (exact) mass is 345 g/mol. The zero-order chi connectivity index (χ0) is 17.0. The number of imide groups is 1. The second kappa shape index (κ2) is 5.17. The summed E-state index contributed by atoms with van der Waals surface area (Å²) < 4.78 is 7.12. The van der Waals surface area contributed by atoms with Gasteiger partial charge in [-0.25, -0.2) is 4.79 Å². The number of fused-ring (bicyclic) bond motifs is 3. The molecule has 1 unspecified atom stereocenters. The van der Waals surface area contributed by atoms with Crippen LogP contribution in [-0.2, 0) is 11.3 Å². The van der Waals surface area contributed by atoms with Crippen molar-refractivity contribution in [3.05, 3.63) is 46.8 Å². The topological polar surface area (TPSA) is 70.0 Å². The normalized spacial score (nSPS) is 19.5. The van der Waals surface area contributed by atoms with Crippen molar-refractivity contribution in [2.24, 2.45) is 4.99 Å². The average molecular weight is 346 g/mol. The molecule has 0 bridgehead atoms. The summed E-state index contributed by atoms with van der Waals surface area (Å²) in [5, 5.41) is 0.513. The fourth-order valence-corrected chi connectivity index (χ4v) is 3.17. The molecular formula is C16H14ClN4O3+. The first-order valence-electron chi connectivity index (χ1n) is 7.40. The zero-order valence-corrected chi connectivity index (χ0v) is 13.8. The van der Waals surface area contributed by atoms with Crippen molar-refractivity contribution in [3.63, 3.8) is 0 Å². The van der Waals surface area contributed by atoms with Gasteiger partial charge < -0.3 is 4.42 Å². The summed E-state index contributed by atoms with van der Waals surface area (Å²) >= 11 is 6.16. The highest BCUT2D eigenvalue weighted by molar-refractivity contribution is 6.31. The van der Waals surface area contributed by atoms with Gasteiger partial charge in [-0.1, -0.05) is 29.8 Å². The molecule has 0 saturated carbocycles. The molecular weight excluding hydrogens is 332 g/mol. The number of hydrogen-bond donors (Lipinski definition) is 0. The van der Waals surface area contributed by atoms with E-state index in [0.717, 1.165) is 0 Å². The minimum Gasteiger partial charge on any atom is -0.390 e. The van der Waals surface area contributed by atoms with E-state index in [1.54, 1.807) is 42.9 Å². The summed E-state index contributed by atoms with van der Waals surface area (Å²) in [6.45, 7) is 1.89. The van der Waals surface area contributed by atoms with Gasteiger partial charge in [-0.15, -0.1) is 0 Å². The fraction of sp³-hybridized carbons (Fsp3) is 0.250. The minimum atomic E-state index is -0.692. The number of urea groups is 1. The molecule has 24 heavy (non-hydrogen) atoms. The number of carbonyl (C=O) groups excluding carboxylic acids is 2. The third-order valence-corrected chi connectivity index (χ3v) is 4.54. The second-order valence-electron chi connectivity index (χ2n) is 5.76. The number of amides is 3. The summed E-state index contributed by atoms with van der Waals surface area (Å²) in [6, 6.07) is 6.34. The smallest absolute Gasteiger partial charge is 0.390 e. The van der Waals surface area contributed by atoms with Crippen molar-refractivity contribution >= 4 is 35.4 Å². The van der Waals surface area contributed by atoms with Gasteiger partial charge in [-0.3, -0.25) is 14.6 Å². The SMILES string of the molecule is Cc1c[n+]2c(o1)N=C1C2C(=O)N(Cc2ccccc2Cl)C(=O)N1C. The molecule has 1 atom stereocenters. The second-order valence-corrected chi connectivity index (χ2v) is 6.17. The van der Waals surface area contributed by atoms with Crippen LogP contribution in [0, 0.1) is 6.92 Å². The number of aryl methyl sites for hydroxylation is 1. The van der Waals surface area contributed by atoms with Crippen molar-refractivity contribution < 1.29 is 18.6 Å². The largest absolute Gasteiger partial charge is 0.506 e. The van der Waals surface area contributed by atoms with Gasteiger partial charge in [0.1, 0.15) is 12.0 Å². The molecule has 2 aromatic rings. The van der Waals surface area contributed by atoms with E-state index >= 15 is 0 Å². The van der Waals surface area contributed by atoms with E-state index in [2.05, 4.69) is 4.99 Å². The van der Waals surface area contributed by atoms with Crippen molar-refractivity contribution in [3.8, 4) is 0 Å². The molecule has 1 saturated heterocycles.